The summed E-state index contributed by atoms with van der Waals surface area (Å²) in [5, 5.41) is 6.68. The Morgan fingerprint density at radius 3 is 2.59 bits per heavy atom. The van der Waals surface area contributed by atoms with Crippen molar-refractivity contribution in [2.45, 2.75) is 39.3 Å². The number of hydrogen-bond donors (Lipinski definition) is 2. The number of nitrogens with zero attached hydrogens (tertiary/aromatic N) is 1. The number of halogens is 2. The highest BCUT2D eigenvalue weighted by Gasteiger charge is 2.27. The van der Waals surface area contributed by atoms with E-state index in [1.54, 1.807) is 26.1 Å². The van der Waals surface area contributed by atoms with Crippen molar-refractivity contribution >= 4 is 29.9 Å². The standard InChI is InChI=1S/C23H30FN3O.HI/c1-16-6-10-19(11-7-16)22-20(5-4-12-28-22)15-27-23(25-3)26-14-18-9-8-17(2)21(24)13-18;/h6-11,13,20,22H,4-5,12,14-15H2,1-3H3,(H2,25,26,27);1H. The smallest absolute Gasteiger partial charge is 0.191 e. The molecule has 6 heteroatoms. The highest BCUT2D eigenvalue weighted by Crippen LogP contribution is 2.33. The molecule has 4 nitrogen and oxygen atoms in total. The Morgan fingerprint density at radius 2 is 1.90 bits per heavy atom. The monoisotopic (exact) mass is 511 g/mol. The van der Waals surface area contributed by atoms with Crippen molar-refractivity contribution in [3.63, 3.8) is 0 Å². The molecule has 0 spiro atoms. The summed E-state index contributed by atoms with van der Waals surface area (Å²) in [4.78, 5) is 4.30. The van der Waals surface area contributed by atoms with Crippen LogP contribution < -0.4 is 10.6 Å². The summed E-state index contributed by atoms with van der Waals surface area (Å²) in [5.41, 5.74) is 4.04. The third kappa shape index (κ3) is 6.67. The average molecular weight is 511 g/mol. The molecule has 2 atom stereocenters. The van der Waals surface area contributed by atoms with Crippen molar-refractivity contribution < 1.29 is 9.13 Å². The maximum Gasteiger partial charge on any atom is 0.191 e. The molecular weight excluding hydrogens is 480 g/mol. The second-order valence-electron chi connectivity index (χ2n) is 7.49. The van der Waals surface area contributed by atoms with Gasteiger partial charge in [0.05, 0.1) is 6.10 Å². The van der Waals surface area contributed by atoms with Crippen molar-refractivity contribution in [2.24, 2.45) is 10.9 Å². The van der Waals surface area contributed by atoms with Crippen LogP contribution in [0.2, 0.25) is 0 Å². The SMILES string of the molecule is CN=C(NCc1ccc(C)c(F)c1)NCC1CCCOC1c1ccc(C)cc1.I. The van der Waals surface area contributed by atoms with E-state index in [-0.39, 0.29) is 35.9 Å². The first-order chi connectivity index (χ1) is 13.6. The zero-order chi connectivity index (χ0) is 19.9. The van der Waals surface area contributed by atoms with E-state index in [0.29, 0.717) is 24.0 Å². The second-order valence-corrected chi connectivity index (χ2v) is 7.49. The number of benzene rings is 2. The molecule has 1 heterocycles. The van der Waals surface area contributed by atoms with Gasteiger partial charge in [-0.2, -0.15) is 0 Å². The van der Waals surface area contributed by atoms with E-state index in [4.69, 9.17) is 4.74 Å². The van der Waals surface area contributed by atoms with Gasteiger partial charge in [0.15, 0.2) is 5.96 Å². The van der Waals surface area contributed by atoms with Gasteiger partial charge in [-0.05, 0) is 49.4 Å². The number of nitrogens with one attached hydrogen (secondary N) is 2. The van der Waals surface area contributed by atoms with Gasteiger partial charge < -0.3 is 15.4 Å². The third-order valence-electron chi connectivity index (χ3n) is 5.30. The third-order valence-corrected chi connectivity index (χ3v) is 5.30. The van der Waals surface area contributed by atoms with Gasteiger partial charge in [-0.15, -0.1) is 24.0 Å². The van der Waals surface area contributed by atoms with Crippen LogP contribution in [0.15, 0.2) is 47.5 Å². The molecule has 29 heavy (non-hydrogen) atoms. The summed E-state index contributed by atoms with van der Waals surface area (Å²) in [7, 11) is 1.75. The fraction of sp³-hybridized carbons (Fsp3) is 0.435. The topological polar surface area (TPSA) is 45.7 Å². The maximum absolute atomic E-state index is 13.7. The van der Waals surface area contributed by atoms with E-state index in [1.807, 2.05) is 6.07 Å². The Labute approximate surface area is 190 Å². The van der Waals surface area contributed by atoms with Crippen LogP contribution in [0, 0.1) is 25.6 Å². The van der Waals surface area contributed by atoms with Crippen molar-refractivity contribution in [3.05, 3.63) is 70.5 Å². The zero-order valence-electron chi connectivity index (χ0n) is 17.4. The molecule has 1 aliphatic rings. The minimum atomic E-state index is -0.178. The van der Waals surface area contributed by atoms with Gasteiger partial charge in [0.1, 0.15) is 5.82 Å². The first-order valence-electron chi connectivity index (χ1n) is 9.94. The molecule has 0 aromatic heterocycles. The molecule has 0 radical (unpaired) electrons. The van der Waals surface area contributed by atoms with E-state index in [0.717, 1.165) is 31.6 Å². The second kappa shape index (κ2) is 11.5. The minimum absolute atomic E-state index is 0. The van der Waals surface area contributed by atoms with E-state index < -0.39 is 0 Å². The fourth-order valence-corrected chi connectivity index (χ4v) is 3.56. The number of aliphatic imine (C=N–C) groups is 1. The van der Waals surface area contributed by atoms with Gasteiger partial charge in [0, 0.05) is 32.7 Å². The van der Waals surface area contributed by atoms with Gasteiger partial charge >= 0.3 is 0 Å². The van der Waals surface area contributed by atoms with Crippen LogP contribution in [0.1, 0.15) is 41.2 Å². The van der Waals surface area contributed by atoms with Crippen LogP contribution in [-0.2, 0) is 11.3 Å². The summed E-state index contributed by atoms with van der Waals surface area (Å²) >= 11 is 0. The number of hydrogen-bond acceptors (Lipinski definition) is 2. The molecule has 2 unspecified atom stereocenters. The van der Waals surface area contributed by atoms with Gasteiger partial charge in [-0.3, -0.25) is 4.99 Å². The molecule has 1 aliphatic heterocycles. The summed E-state index contributed by atoms with van der Waals surface area (Å²) < 4.78 is 19.8. The molecular formula is C23H31FIN3O. The van der Waals surface area contributed by atoms with Crippen LogP contribution in [0.25, 0.3) is 0 Å². The molecule has 0 saturated carbocycles. The van der Waals surface area contributed by atoms with Gasteiger partial charge in [-0.1, -0.05) is 42.0 Å². The van der Waals surface area contributed by atoms with E-state index in [2.05, 4.69) is 46.8 Å². The Hall–Kier alpha value is -1.67. The molecule has 3 rings (SSSR count). The van der Waals surface area contributed by atoms with E-state index in [9.17, 15) is 4.39 Å². The van der Waals surface area contributed by atoms with Gasteiger partial charge in [-0.25, -0.2) is 4.39 Å². The molecule has 0 aliphatic carbocycles. The predicted molar refractivity (Wildman–Crippen MR) is 127 cm³/mol. The average Bonchev–Trinajstić information content (AvgIpc) is 2.71. The van der Waals surface area contributed by atoms with E-state index in [1.165, 1.54) is 11.1 Å². The summed E-state index contributed by atoms with van der Waals surface area (Å²) in [6, 6.07) is 13.9. The number of aryl methyl sites for hydroxylation is 2. The minimum Gasteiger partial charge on any atom is -0.373 e. The lowest BCUT2D eigenvalue weighted by Gasteiger charge is -2.32. The van der Waals surface area contributed by atoms with Crippen LogP contribution in [0.4, 0.5) is 4.39 Å². The van der Waals surface area contributed by atoms with Crippen LogP contribution in [-0.4, -0.2) is 26.2 Å². The summed E-state index contributed by atoms with van der Waals surface area (Å²) in [6.07, 6.45) is 2.29. The molecule has 2 aromatic rings. The Morgan fingerprint density at radius 1 is 1.14 bits per heavy atom. The first-order valence-corrected chi connectivity index (χ1v) is 9.94. The van der Waals surface area contributed by atoms with Crippen molar-refractivity contribution in [1.82, 2.24) is 10.6 Å². The molecule has 2 aromatic carbocycles. The Kier molecular flexibility index (Phi) is 9.36. The largest absolute Gasteiger partial charge is 0.373 e. The molecule has 0 amide bonds. The lowest BCUT2D eigenvalue weighted by atomic mass is 9.89. The normalized spacial score (nSPS) is 19.4. The number of rotatable bonds is 5. The van der Waals surface area contributed by atoms with Crippen LogP contribution >= 0.6 is 24.0 Å². The van der Waals surface area contributed by atoms with Crippen molar-refractivity contribution in [2.75, 3.05) is 20.2 Å². The summed E-state index contributed by atoms with van der Waals surface area (Å²) in [5.74, 6) is 0.920. The number of guanidine groups is 1. The zero-order valence-corrected chi connectivity index (χ0v) is 19.7. The maximum atomic E-state index is 13.7. The van der Waals surface area contributed by atoms with Gasteiger partial charge in [0.2, 0.25) is 0 Å². The highest BCUT2D eigenvalue weighted by atomic mass is 127. The molecule has 1 fully saturated rings. The molecule has 158 valence electrons. The van der Waals surface area contributed by atoms with Gasteiger partial charge in [0.25, 0.3) is 0 Å². The van der Waals surface area contributed by atoms with Crippen molar-refractivity contribution in [1.29, 1.82) is 0 Å². The van der Waals surface area contributed by atoms with E-state index >= 15 is 0 Å². The molecule has 0 bridgehead atoms. The Bertz CT molecular complexity index is 810. The predicted octanol–water partition coefficient (Wildman–Crippen LogP) is 4.89. The fourth-order valence-electron chi connectivity index (χ4n) is 3.56. The quantitative estimate of drug-likeness (QED) is 0.341. The molecule has 1 saturated heterocycles. The Balaban J connectivity index is 0.00000300. The summed E-state index contributed by atoms with van der Waals surface area (Å²) in [6.45, 7) is 5.98. The number of ether oxygens (including phenoxy) is 1. The lowest BCUT2D eigenvalue weighted by molar-refractivity contribution is -0.0265. The van der Waals surface area contributed by atoms with Crippen LogP contribution in [0.5, 0.6) is 0 Å². The van der Waals surface area contributed by atoms with Crippen molar-refractivity contribution in [3.8, 4) is 0 Å². The molecule has 2 N–H and O–H groups in total. The highest BCUT2D eigenvalue weighted by molar-refractivity contribution is 14.0. The lowest BCUT2D eigenvalue weighted by Crippen LogP contribution is -2.41. The van der Waals surface area contributed by atoms with Crippen LogP contribution in [0.3, 0.4) is 0 Å². The first kappa shape index (κ1) is 23.6.